The van der Waals surface area contributed by atoms with Crippen LogP contribution in [0.15, 0.2) is 17.1 Å². The molecular formula is C13H19N3O6. The van der Waals surface area contributed by atoms with Crippen molar-refractivity contribution in [3.05, 3.63) is 22.7 Å². The van der Waals surface area contributed by atoms with Crippen molar-refractivity contribution in [2.75, 3.05) is 12.3 Å². The predicted octanol–water partition coefficient (Wildman–Crippen LogP) is -1.36. The zero-order valence-electron chi connectivity index (χ0n) is 12.2. The van der Waals surface area contributed by atoms with Crippen molar-refractivity contribution in [1.29, 1.82) is 0 Å². The highest BCUT2D eigenvalue weighted by Gasteiger charge is 2.44. The molecule has 122 valence electrons. The summed E-state index contributed by atoms with van der Waals surface area (Å²) in [6, 6.07) is 1.37. The van der Waals surface area contributed by atoms with Gasteiger partial charge in [-0.3, -0.25) is 9.36 Å². The van der Waals surface area contributed by atoms with Crippen molar-refractivity contribution in [2.24, 2.45) is 5.92 Å². The van der Waals surface area contributed by atoms with Crippen molar-refractivity contribution in [3.8, 4) is 0 Å². The molecule has 1 aliphatic heterocycles. The number of rotatable bonds is 4. The summed E-state index contributed by atoms with van der Waals surface area (Å²) >= 11 is 0. The monoisotopic (exact) mass is 313 g/mol. The van der Waals surface area contributed by atoms with Gasteiger partial charge in [0.15, 0.2) is 6.23 Å². The summed E-state index contributed by atoms with van der Waals surface area (Å²) in [7, 11) is 0. The molecule has 1 saturated heterocycles. The fourth-order valence-corrected chi connectivity index (χ4v) is 2.05. The molecule has 0 aliphatic carbocycles. The van der Waals surface area contributed by atoms with Crippen LogP contribution in [0.2, 0.25) is 0 Å². The fourth-order valence-electron chi connectivity index (χ4n) is 2.05. The first kappa shape index (κ1) is 16.4. The molecule has 22 heavy (non-hydrogen) atoms. The van der Waals surface area contributed by atoms with Crippen LogP contribution < -0.4 is 11.4 Å². The molecule has 9 heteroatoms. The van der Waals surface area contributed by atoms with Gasteiger partial charge in [-0.05, 0) is 6.07 Å². The summed E-state index contributed by atoms with van der Waals surface area (Å²) in [6.45, 7) is 3.12. The number of ether oxygens (including phenoxy) is 2. The minimum atomic E-state index is -1.36. The van der Waals surface area contributed by atoms with E-state index < -0.39 is 36.2 Å². The van der Waals surface area contributed by atoms with E-state index in [1.165, 1.54) is 12.3 Å². The summed E-state index contributed by atoms with van der Waals surface area (Å²) in [5.41, 5.74) is 4.68. The lowest BCUT2D eigenvalue weighted by Crippen LogP contribution is -2.36. The third-order valence-corrected chi connectivity index (χ3v) is 3.32. The number of nitrogens with zero attached hydrogens (tertiary/aromatic N) is 2. The maximum atomic E-state index is 11.8. The maximum Gasteiger partial charge on any atom is 0.351 e. The standard InChI is InChI=1S/C13H19N3O6/c1-6(2)12(19)21-5-7-9(17)10(18)11(22-7)16-4-3-8(14)15-13(16)20/h3-4,6-7,9-11,17-18H,5H2,1-2H3,(H2,14,15,20)/t7-,9-,10-,11-/m1/s1. The molecule has 1 fully saturated rings. The number of aromatic nitrogens is 2. The zero-order chi connectivity index (χ0) is 16.4. The van der Waals surface area contributed by atoms with E-state index >= 15 is 0 Å². The van der Waals surface area contributed by atoms with Crippen molar-refractivity contribution in [2.45, 2.75) is 38.4 Å². The molecule has 0 aromatic carbocycles. The Morgan fingerprint density at radius 2 is 2.18 bits per heavy atom. The highest BCUT2D eigenvalue weighted by Crippen LogP contribution is 2.28. The highest BCUT2D eigenvalue weighted by molar-refractivity contribution is 5.71. The number of carbonyl (C=O) groups is 1. The zero-order valence-corrected chi connectivity index (χ0v) is 12.2. The topological polar surface area (TPSA) is 137 Å². The minimum Gasteiger partial charge on any atom is -0.463 e. The Morgan fingerprint density at radius 1 is 1.50 bits per heavy atom. The van der Waals surface area contributed by atoms with Crippen molar-refractivity contribution < 1.29 is 24.5 Å². The molecule has 1 aromatic heterocycles. The van der Waals surface area contributed by atoms with Crippen LogP contribution >= 0.6 is 0 Å². The van der Waals surface area contributed by atoms with Crippen LogP contribution in [0, 0.1) is 5.92 Å². The molecule has 1 aromatic rings. The highest BCUT2D eigenvalue weighted by atomic mass is 16.6. The predicted molar refractivity (Wildman–Crippen MR) is 74.6 cm³/mol. The number of nitrogen functional groups attached to an aromatic ring is 1. The molecular weight excluding hydrogens is 294 g/mol. The van der Waals surface area contributed by atoms with Gasteiger partial charge in [0, 0.05) is 6.20 Å². The van der Waals surface area contributed by atoms with E-state index in [1.54, 1.807) is 13.8 Å². The van der Waals surface area contributed by atoms with Gasteiger partial charge >= 0.3 is 11.7 Å². The first-order chi connectivity index (χ1) is 10.3. The van der Waals surface area contributed by atoms with Crippen LogP contribution in [0.3, 0.4) is 0 Å². The van der Waals surface area contributed by atoms with E-state index in [1.807, 2.05) is 0 Å². The van der Waals surface area contributed by atoms with Gasteiger partial charge in [0.25, 0.3) is 0 Å². The first-order valence-corrected chi connectivity index (χ1v) is 6.84. The Labute approximate surface area is 126 Å². The van der Waals surface area contributed by atoms with Crippen LogP contribution in [0.4, 0.5) is 5.82 Å². The number of aliphatic hydroxyl groups excluding tert-OH is 2. The van der Waals surface area contributed by atoms with Crippen LogP contribution in [0.1, 0.15) is 20.1 Å². The molecule has 0 radical (unpaired) electrons. The molecule has 0 saturated carbocycles. The molecule has 0 unspecified atom stereocenters. The van der Waals surface area contributed by atoms with E-state index in [0.29, 0.717) is 0 Å². The van der Waals surface area contributed by atoms with E-state index in [4.69, 9.17) is 15.2 Å². The van der Waals surface area contributed by atoms with Gasteiger partial charge in [0.2, 0.25) is 0 Å². The Bertz CT molecular complexity index is 602. The summed E-state index contributed by atoms with van der Waals surface area (Å²) < 4.78 is 11.4. The smallest absolute Gasteiger partial charge is 0.351 e. The lowest BCUT2D eigenvalue weighted by Gasteiger charge is -2.17. The fraction of sp³-hybridized carbons (Fsp3) is 0.615. The minimum absolute atomic E-state index is 0.0386. The van der Waals surface area contributed by atoms with Crippen LogP contribution in [0.25, 0.3) is 0 Å². The van der Waals surface area contributed by atoms with Crippen LogP contribution in [-0.2, 0) is 14.3 Å². The third kappa shape index (κ3) is 3.26. The second-order valence-electron chi connectivity index (χ2n) is 5.37. The van der Waals surface area contributed by atoms with Gasteiger partial charge in [0.05, 0.1) is 5.92 Å². The normalized spacial score (nSPS) is 28.0. The second kappa shape index (κ2) is 6.42. The van der Waals surface area contributed by atoms with E-state index in [-0.39, 0.29) is 18.3 Å². The van der Waals surface area contributed by atoms with E-state index in [0.717, 1.165) is 4.57 Å². The first-order valence-electron chi connectivity index (χ1n) is 6.84. The average molecular weight is 313 g/mol. The van der Waals surface area contributed by atoms with Crippen molar-refractivity contribution in [3.63, 3.8) is 0 Å². The Kier molecular flexibility index (Phi) is 4.79. The number of esters is 1. The number of nitrogens with two attached hydrogens (primary N) is 1. The molecule has 4 atom stereocenters. The number of anilines is 1. The summed E-state index contributed by atoms with van der Waals surface area (Å²) in [5.74, 6) is -0.722. The Balaban J connectivity index is 2.10. The molecule has 2 heterocycles. The van der Waals surface area contributed by atoms with Crippen molar-refractivity contribution >= 4 is 11.8 Å². The van der Waals surface area contributed by atoms with Gasteiger partial charge in [-0.2, -0.15) is 4.98 Å². The third-order valence-electron chi connectivity index (χ3n) is 3.32. The molecule has 2 rings (SSSR count). The molecule has 4 N–H and O–H groups in total. The molecule has 0 bridgehead atoms. The summed E-state index contributed by atoms with van der Waals surface area (Å²) in [5, 5.41) is 20.0. The summed E-state index contributed by atoms with van der Waals surface area (Å²) in [6.07, 6.45) is -3.40. The molecule has 0 amide bonds. The van der Waals surface area contributed by atoms with Gasteiger partial charge in [0.1, 0.15) is 30.7 Å². The Morgan fingerprint density at radius 3 is 2.77 bits per heavy atom. The lowest BCUT2D eigenvalue weighted by atomic mass is 10.1. The number of hydrogen-bond acceptors (Lipinski definition) is 8. The second-order valence-corrected chi connectivity index (χ2v) is 5.37. The van der Waals surface area contributed by atoms with Crippen molar-refractivity contribution in [1.82, 2.24) is 9.55 Å². The molecule has 1 aliphatic rings. The number of aliphatic hydroxyl groups is 2. The molecule has 0 spiro atoms. The lowest BCUT2D eigenvalue weighted by molar-refractivity contribution is -0.153. The van der Waals surface area contributed by atoms with E-state index in [2.05, 4.69) is 4.98 Å². The van der Waals surface area contributed by atoms with Gasteiger partial charge in [-0.1, -0.05) is 13.8 Å². The molecule has 9 nitrogen and oxygen atoms in total. The number of carbonyl (C=O) groups excluding carboxylic acids is 1. The van der Waals surface area contributed by atoms with Gasteiger partial charge < -0.3 is 25.4 Å². The SMILES string of the molecule is CC(C)C(=O)OC[C@H]1O[C@@H](n2ccc(N)nc2=O)[C@H](O)[C@@H]1O. The summed E-state index contributed by atoms with van der Waals surface area (Å²) in [4.78, 5) is 26.7. The quantitative estimate of drug-likeness (QED) is 0.580. The van der Waals surface area contributed by atoms with E-state index in [9.17, 15) is 19.8 Å². The van der Waals surface area contributed by atoms with Gasteiger partial charge in [-0.25, -0.2) is 4.79 Å². The Hall–Kier alpha value is -1.97. The maximum absolute atomic E-state index is 11.8. The number of hydrogen-bond donors (Lipinski definition) is 3. The average Bonchev–Trinajstić information content (AvgIpc) is 2.73. The van der Waals surface area contributed by atoms with Crippen LogP contribution in [-0.4, -0.2) is 50.7 Å². The largest absolute Gasteiger partial charge is 0.463 e. The van der Waals surface area contributed by atoms with Gasteiger partial charge in [-0.15, -0.1) is 0 Å². The van der Waals surface area contributed by atoms with Crippen LogP contribution in [0.5, 0.6) is 0 Å².